The zero-order valence-electron chi connectivity index (χ0n) is 14.0. The second kappa shape index (κ2) is 7.11. The Hall–Kier alpha value is -3.34. The molecule has 1 aliphatic rings. The van der Waals surface area contributed by atoms with Crippen molar-refractivity contribution in [3.63, 3.8) is 0 Å². The first kappa shape index (κ1) is 18.5. The van der Waals surface area contributed by atoms with Crippen molar-refractivity contribution in [1.29, 1.82) is 5.26 Å². The molecule has 27 heavy (non-hydrogen) atoms. The molecule has 1 unspecified atom stereocenters. The molecule has 138 valence electrons. The average Bonchev–Trinajstić information content (AvgIpc) is 3.03. The van der Waals surface area contributed by atoms with Gasteiger partial charge in [0.2, 0.25) is 11.8 Å². The zero-order valence-corrected chi connectivity index (χ0v) is 14.0. The molecule has 2 aromatic carbocycles. The number of anilines is 2. The first-order valence-electron chi connectivity index (χ1n) is 8.06. The van der Waals surface area contributed by atoms with Crippen molar-refractivity contribution in [3.8, 4) is 6.07 Å². The second-order valence-corrected chi connectivity index (χ2v) is 6.14. The Morgan fingerprint density at radius 1 is 1.19 bits per heavy atom. The van der Waals surface area contributed by atoms with Gasteiger partial charge in [-0.3, -0.25) is 9.59 Å². The summed E-state index contributed by atoms with van der Waals surface area (Å²) in [4.78, 5) is 25.8. The summed E-state index contributed by atoms with van der Waals surface area (Å²) in [7, 11) is 0. The van der Waals surface area contributed by atoms with Crippen molar-refractivity contribution < 1.29 is 22.8 Å². The van der Waals surface area contributed by atoms with Crippen LogP contribution in [0, 0.1) is 17.2 Å². The minimum atomic E-state index is -4.51. The minimum Gasteiger partial charge on any atom is -0.326 e. The van der Waals surface area contributed by atoms with Crippen LogP contribution >= 0.6 is 0 Å². The molecule has 0 aromatic heterocycles. The van der Waals surface area contributed by atoms with E-state index < -0.39 is 29.5 Å². The molecule has 0 saturated carbocycles. The highest BCUT2D eigenvalue weighted by Gasteiger charge is 2.37. The molecule has 1 N–H and O–H groups in total. The summed E-state index contributed by atoms with van der Waals surface area (Å²) in [5.74, 6) is -1.54. The number of rotatable bonds is 3. The van der Waals surface area contributed by atoms with Crippen molar-refractivity contribution in [1.82, 2.24) is 0 Å². The zero-order chi connectivity index (χ0) is 19.6. The van der Waals surface area contributed by atoms with Gasteiger partial charge in [0.25, 0.3) is 0 Å². The highest BCUT2D eigenvalue weighted by Crippen LogP contribution is 2.33. The lowest BCUT2D eigenvalue weighted by Crippen LogP contribution is -2.28. The van der Waals surface area contributed by atoms with Crippen molar-refractivity contribution in [2.24, 2.45) is 5.92 Å². The van der Waals surface area contributed by atoms with E-state index in [1.165, 1.54) is 23.1 Å². The number of nitrogens with one attached hydrogen (secondary N) is 1. The molecule has 0 spiro atoms. The van der Waals surface area contributed by atoms with Crippen molar-refractivity contribution in [2.75, 3.05) is 16.8 Å². The van der Waals surface area contributed by atoms with Gasteiger partial charge in [-0.2, -0.15) is 18.4 Å². The number of carbonyl (C=O) groups is 2. The molecule has 2 amide bonds. The predicted octanol–water partition coefficient (Wildman–Crippen LogP) is 3.57. The van der Waals surface area contributed by atoms with Gasteiger partial charge in [-0.15, -0.1) is 0 Å². The minimum absolute atomic E-state index is 0.0100. The van der Waals surface area contributed by atoms with E-state index in [-0.39, 0.29) is 18.7 Å². The summed E-state index contributed by atoms with van der Waals surface area (Å²) >= 11 is 0. The highest BCUT2D eigenvalue weighted by atomic mass is 19.4. The number of hydrogen-bond acceptors (Lipinski definition) is 3. The van der Waals surface area contributed by atoms with Gasteiger partial charge in [-0.1, -0.05) is 12.1 Å². The third-order valence-corrected chi connectivity index (χ3v) is 4.24. The van der Waals surface area contributed by atoms with Crippen LogP contribution in [0.15, 0.2) is 48.5 Å². The van der Waals surface area contributed by atoms with E-state index in [2.05, 4.69) is 5.32 Å². The number of hydrogen-bond donors (Lipinski definition) is 1. The Balaban J connectivity index is 1.73. The first-order valence-corrected chi connectivity index (χ1v) is 8.06. The molecule has 5 nitrogen and oxygen atoms in total. The molecular formula is C19H14F3N3O2. The van der Waals surface area contributed by atoms with Gasteiger partial charge >= 0.3 is 6.18 Å². The third kappa shape index (κ3) is 4.08. The van der Waals surface area contributed by atoms with Gasteiger partial charge in [-0.05, 0) is 36.4 Å². The maximum atomic E-state index is 12.9. The molecule has 1 fully saturated rings. The van der Waals surface area contributed by atoms with E-state index in [0.717, 1.165) is 12.1 Å². The molecule has 8 heteroatoms. The summed E-state index contributed by atoms with van der Waals surface area (Å²) in [6.07, 6.45) is -4.61. The summed E-state index contributed by atoms with van der Waals surface area (Å²) in [6.45, 7) is -0.0100. The first-order chi connectivity index (χ1) is 12.8. The lowest BCUT2D eigenvalue weighted by molar-refractivity contribution is -0.137. The van der Waals surface area contributed by atoms with Crippen LogP contribution in [0.25, 0.3) is 0 Å². The van der Waals surface area contributed by atoms with E-state index in [1.54, 1.807) is 18.2 Å². The Labute approximate surface area is 153 Å². The van der Waals surface area contributed by atoms with Crippen LogP contribution in [0.5, 0.6) is 0 Å². The fourth-order valence-electron chi connectivity index (χ4n) is 2.89. The largest absolute Gasteiger partial charge is 0.416 e. The van der Waals surface area contributed by atoms with Crippen molar-refractivity contribution in [2.45, 2.75) is 12.6 Å². The van der Waals surface area contributed by atoms with Crippen LogP contribution in [-0.4, -0.2) is 18.4 Å². The number of benzene rings is 2. The monoisotopic (exact) mass is 373 g/mol. The van der Waals surface area contributed by atoms with E-state index in [9.17, 15) is 22.8 Å². The van der Waals surface area contributed by atoms with E-state index in [4.69, 9.17) is 5.26 Å². The molecular weight excluding hydrogens is 359 g/mol. The molecule has 0 radical (unpaired) electrons. The molecule has 1 atom stereocenters. The van der Waals surface area contributed by atoms with Gasteiger partial charge in [-0.25, -0.2) is 0 Å². The molecule has 0 aliphatic carbocycles. The SMILES string of the molecule is N#Cc1cccc(NC(=O)C2CC(=O)N(c3cccc(C(F)(F)F)c3)C2)c1. The lowest BCUT2D eigenvalue weighted by Gasteiger charge is -2.18. The van der Waals surface area contributed by atoms with Gasteiger partial charge in [0.05, 0.1) is 23.1 Å². The fourth-order valence-corrected chi connectivity index (χ4v) is 2.89. The molecule has 1 aliphatic heterocycles. The lowest BCUT2D eigenvalue weighted by atomic mass is 10.1. The maximum absolute atomic E-state index is 12.9. The normalized spacial score (nSPS) is 16.9. The topological polar surface area (TPSA) is 73.2 Å². The Morgan fingerprint density at radius 2 is 1.93 bits per heavy atom. The number of amides is 2. The molecule has 1 saturated heterocycles. The summed E-state index contributed by atoms with van der Waals surface area (Å²) in [6, 6.07) is 12.7. The number of nitrogens with zero attached hydrogens (tertiary/aromatic N) is 2. The Bertz CT molecular complexity index is 934. The Morgan fingerprint density at radius 3 is 2.63 bits per heavy atom. The highest BCUT2D eigenvalue weighted by molar-refractivity contribution is 6.03. The number of nitriles is 1. The van der Waals surface area contributed by atoms with Crippen LogP contribution < -0.4 is 10.2 Å². The van der Waals surface area contributed by atoms with Gasteiger partial charge in [0, 0.05) is 24.3 Å². The molecule has 1 heterocycles. The summed E-state index contributed by atoms with van der Waals surface area (Å²) in [5, 5.41) is 11.5. The molecule has 2 aromatic rings. The van der Waals surface area contributed by atoms with E-state index in [0.29, 0.717) is 11.3 Å². The summed E-state index contributed by atoms with van der Waals surface area (Å²) < 4.78 is 38.6. The van der Waals surface area contributed by atoms with Crippen LogP contribution in [0.4, 0.5) is 24.5 Å². The fraction of sp³-hybridized carbons (Fsp3) is 0.211. The van der Waals surface area contributed by atoms with Crippen LogP contribution in [0.2, 0.25) is 0 Å². The Kier molecular flexibility index (Phi) is 4.86. The second-order valence-electron chi connectivity index (χ2n) is 6.14. The van der Waals surface area contributed by atoms with Crippen LogP contribution in [-0.2, 0) is 15.8 Å². The van der Waals surface area contributed by atoms with Crippen LogP contribution in [0.3, 0.4) is 0 Å². The van der Waals surface area contributed by atoms with Gasteiger partial charge in [0.15, 0.2) is 0 Å². The van der Waals surface area contributed by atoms with Gasteiger partial charge < -0.3 is 10.2 Å². The number of halogens is 3. The third-order valence-electron chi connectivity index (χ3n) is 4.24. The van der Waals surface area contributed by atoms with Gasteiger partial charge in [0.1, 0.15) is 0 Å². The quantitative estimate of drug-likeness (QED) is 0.894. The molecule has 0 bridgehead atoms. The maximum Gasteiger partial charge on any atom is 0.416 e. The molecule has 3 rings (SSSR count). The van der Waals surface area contributed by atoms with Crippen molar-refractivity contribution in [3.05, 3.63) is 59.7 Å². The van der Waals surface area contributed by atoms with E-state index >= 15 is 0 Å². The summed E-state index contributed by atoms with van der Waals surface area (Å²) in [5.41, 5.74) is 0.0514. The predicted molar refractivity (Wildman–Crippen MR) is 91.7 cm³/mol. The number of carbonyl (C=O) groups excluding carboxylic acids is 2. The average molecular weight is 373 g/mol. The van der Waals surface area contributed by atoms with E-state index in [1.807, 2.05) is 6.07 Å². The smallest absolute Gasteiger partial charge is 0.326 e. The number of alkyl halides is 3. The standard InChI is InChI=1S/C19H14F3N3O2/c20-19(21,22)14-4-2-6-16(9-14)25-11-13(8-17(25)26)18(27)24-15-5-1-3-12(7-15)10-23/h1-7,9,13H,8,11H2,(H,24,27). The van der Waals surface area contributed by atoms with Crippen molar-refractivity contribution >= 4 is 23.2 Å². The van der Waals surface area contributed by atoms with Crippen LogP contribution in [0.1, 0.15) is 17.5 Å².